The van der Waals surface area contributed by atoms with Crippen LogP contribution < -0.4 is 10.6 Å². The van der Waals surface area contributed by atoms with Crippen LogP contribution in [0.15, 0.2) is 60.7 Å². The molecule has 0 fully saturated rings. The second-order valence-corrected chi connectivity index (χ2v) is 4.59. The van der Waals surface area contributed by atoms with Gasteiger partial charge in [0.25, 0.3) is 0 Å². The molecule has 0 aromatic heterocycles. The Morgan fingerprint density at radius 3 is 2.11 bits per heavy atom. The van der Waals surface area contributed by atoms with Crippen LogP contribution in [0.5, 0.6) is 0 Å². The quantitative estimate of drug-likeness (QED) is 0.831. The van der Waals surface area contributed by atoms with Gasteiger partial charge in [-0.25, -0.2) is 0 Å². The summed E-state index contributed by atoms with van der Waals surface area (Å²) in [6, 6.07) is 20.3. The Labute approximate surface area is 114 Å². The van der Waals surface area contributed by atoms with E-state index in [0.717, 1.165) is 12.2 Å². The highest BCUT2D eigenvalue weighted by Gasteiger charge is 2.11. The van der Waals surface area contributed by atoms with Gasteiger partial charge in [-0.2, -0.15) is 0 Å². The van der Waals surface area contributed by atoms with Gasteiger partial charge in [0.05, 0.1) is 6.10 Å². The average molecular weight is 256 g/mol. The zero-order chi connectivity index (χ0) is 13.5. The molecule has 0 amide bonds. The van der Waals surface area contributed by atoms with Crippen LogP contribution >= 0.6 is 0 Å². The average Bonchev–Trinajstić information content (AvgIpc) is 2.48. The van der Waals surface area contributed by atoms with Crippen LogP contribution in [0.3, 0.4) is 0 Å². The van der Waals surface area contributed by atoms with E-state index in [1.165, 1.54) is 5.56 Å². The number of anilines is 1. The van der Waals surface area contributed by atoms with Gasteiger partial charge in [0.2, 0.25) is 0 Å². The first kappa shape index (κ1) is 13.6. The molecule has 0 aliphatic heterocycles. The molecule has 19 heavy (non-hydrogen) atoms. The number of hydrogen-bond acceptors (Lipinski definition) is 3. The fourth-order valence-electron chi connectivity index (χ4n) is 2.03. The summed E-state index contributed by atoms with van der Waals surface area (Å²) in [5.41, 5.74) is 7.83. The number of nitrogens with two attached hydrogens (primary N) is 1. The van der Waals surface area contributed by atoms with Crippen molar-refractivity contribution in [2.45, 2.75) is 12.6 Å². The normalized spacial score (nSPS) is 12.1. The maximum atomic E-state index is 9.80. The molecule has 100 valence electrons. The number of para-hydroxylation sites is 1. The molecule has 0 heterocycles. The molecular weight excluding hydrogens is 236 g/mol. The fourth-order valence-corrected chi connectivity index (χ4v) is 2.03. The SMILES string of the molecule is NCC(O)CN(Cc1ccccc1)c1ccccc1. The van der Waals surface area contributed by atoms with Gasteiger partial charge < -0.3 is 15.7 Å². The van der Waals surface area contributed by atoms with E-state index in [9.17, 15) is 5.11 Å². The number of hydrogen-bond donors (Lipinski definition) is 2. The minimum atomic E-state index is -0.510. The summed E-state index contributed by atoms with van der Waals surface area (Å²) in [4.78, 5) is 2.15. The lowest BCUT2D eigenvalue weighted by Crippen LogP contribution is -2.36. The van der Waals surface area contributed by atoms with Crippen molar-refractivity contribution in [1.82, 2.24) is 0 Å². The Balaban J connectivity index is 2.15. The summed E-state index contributed by atoms with van der Waals surface area (Å²) < 4.78 is 0. The van der Waals surface area contributed by atoms with Gasteiger partial charge in [0.15, 0.2) is 0 Å². The van der Waals surface area contributed by atoms with Crippen LogP contribution in [-0.4, -0.2) is 24.3 Å². The highest BCUT2D eigenvalue weighted by atomic mass is 16.3. The zero-order valence-corrected chi connectivity index (χ0v) is 10.9. The lowest BCUT2D eigenvalue weighted by molar-refractivity contribution is 0.187. The van der Waals surface area contributed by atoms with E-state index >= 15 is 0 Å². The van der Waals surface area contributed by atoms with Gasteiger partial charge in [-0.1, -0.05) is 48.5 Å². The van der Waals surface area contributed by atoms with Gasteiger partial charge in [-0.3, -0.25) is 0 Å². The van der Waals surface area contributed by atoms with E-state index in [1.807, 2.05) is 48.5 Å². The third kappa shape index (κ3) is 4.09. The molecule has 3 N–H and O–H groups in total. The fraction of sp³-hybridized carbons (Fsp3) is 0.250. The Hall–Kier alpha value is -1.84. The van der Waals surface area contributed by atoms with Crippen LogP contribution in [0.4, 0.5) is 5.69 Å². The second kappa shape index (κ2) is 6.92. The van der Waals surface area contributed by atoms with Crippen LogP contribution in [0.2, 0.25) is 0 Å². The number of benzene rings is 2. The van der Waals surface area contributed by atoms with Gasteiger partial charge in [-0.15, -0.1) is 0 Å². The number of aliphatic hydroxyl groups excluding tert-OH is 1. The van der Waals surface area contributed by atoms with Crippen molar-refractivity contribution in [3.05, 3.63) is 66.2 Å². The Morgan fingerprint density at radius 1 is 0.947 bits per heavy atom. The molecular formula is C16H20N2O. The Kier molecular flexibility index (Phi) is 4.95. The molecule has 1 atom stereocenters. The first-order chi connectivity index (χ1) is 9.29. The van der Waals surface area contributed by atoms with E-state index in [4.69, 9.17) is 5.73 Å². The van der Waals surface area contributed by atoms with Crippen LogP contribution in [0, 0.1) is 0 Å². The molecule has 3 nitrogen and oxygen atoms in total. The lowest BCUT2D eigenvalue weighted by Gasteiger charge is -2.27. The maximum Gasteiger partial charge on any atom is 0.0837 e. The third-order valence-corrected chi connectivity index (χ3v) is 3.04. The van der Waals surface area contributed by atoms with E-state index in [1.54, 1.807) is 0 Å². The highest BCUT2D eigenvalue weighted by Crippen LogP contribution is 2.17. The first-order valence-corrected chi connectivity index (χ1v) is 6.51. The molecule has 0 saturated carbocycles. The molecule has 3 heteroatoms. The van der Waals surface area contributed by atoms with Crippen molar-refractivity contribution >= 4 is 5.69 Å². The summed E-state index contributed by atoms with van der Waals surface area (Å²) in [6.45, 7) is 1.58. The van der Waals surface area contributed by atoms with Crippen molar-refractivity contribution in [3.63, 3.8) is 0 Å². The molecule has 0 saturated heterocycles. The van der Waals surface area contributed by atoms with Crippen LogP contribution in [0.25, 0.3) is 0 Å². The predicted octanol–water partition coefficient (Wildman–Crippen LogP) is 2.01. The molecule has 2 rings (SSSR count). The lowest BCUT2D eigenvalue weighted by atomic mass is 10.2. The molecule has 2 aromatic rings. The second-order valence-electron chi connectivity index (χ2n) is 4.59. The number of nitrogens with zero attached hydrogens (tertiary/aromatic N) is 1. The summed E-state index contributed by atoms with van der Waals surface area (Å²) in [5, 5.41) is 9.80. The van der Waals surface area contributed by atoms with Crippen molar-refractivity contribution in [2.75, 3.05) is 18.0 Å². The highest BCUT2D eigenvalue weighted by molar-refractivity contribution is 5.46. The van der Waals surface area contributed by atoms with Gasteiger partial charge in [-0.05, 0) is 17.7 Å². The molecule has 0 bridgehead atoms. The summed E-state index contributed by atoms with van der Waals surface area (Å²) in [5.74, 6) is 0. The number of rotatable bonds is 6. The van der Waals surface area contributed by atoms with E-state index < -0.39 is 6.10 Å². The summed E-state index contributed by atoms with van der Waals surface area (Å²) >= 11 is 0. The van der Waals surface area contributed by atoms with E-state index in [2.05, 4.69) is 17.0 Å². The molecule has 1 unspecified atom stereocenters. The molecule has 0 aliphatic carbocycles. The van der Waals surface area contributed by atoms with E-state index in [0.29, 0.717) is 6.54 Å². The topological polar surface area (TPSA) is 49.5 Å². The monoisotopic (exact) mass is 256 g/mol. The third-order valence-electron chi connectivity index (χ3n) is 3.04. The Bertz CT molecular complexity index is 473. The molecule has 2 aromatic carbocycles. The summed E-state index contributed by atoms with van der Waals surface area (Å²) in [6.07, 6.45) is -0.510. The van der Waals surface area contributed by atoms with E-state index in [-0.39, 0.29) is 6.54 Å². The van der Waals surface area contributed by atoms with Crippen molar-refractivity contribution < 1.29 is 5.11 Å². The molecule has 0 radical (unpaired) electrons. The summed E-state index contributed by atoms with van der Waals surface area (Å²) in [7, 11) is 0. The van der Waals surface area contributed by atoms with Crippen LogP contribution in [0.1, 0.15) is 5.56 Å². The first-order valence-electron chi connectivity index (χ1n) is 6.51. The predicted molar refractivity (Wildman–Crippen MR) is 79.0 cm³/mol. The minimum absolute atomic E-state index is 0.276. The van der Waals surface area contributed by atoms with Gasteiger partial charge in [0.1, 0.15) is 0 Å². The maximum absolute atomic E-state index is 9.80. The molecule has 0 spiro atoms. The largest absolute Gasteiger partial charge is 0.390 e. The van der Waals surface area contributed by atoms with Crippen molar-refractivity contribution in [1.29, 1.82) is 0 Å². The van der Waals surface area contributed by atoms with Gasteiger partial charge >= 0.3 is 0 Å². The standard InChI is InChI=1S/C16H20N2O/c17-11-16(19)13-18(15-9-5-2-6-10-15)12-14-7-3-1-4-8-14/h1-10,16,19H,11-13,17H2. The minimum Gasteiger partial charge on any atom is -0.390 e. The molecule has 0 aliphatic rings. The number of aliphatic hydroxyl groups is 1. The van der Waals surface area contributed by atoms with Crippen LogP contribution in [-0.2, 0) is 6.54 Å². The van der Waals surface area contributed by atoms with Crippen molar-refractivity contribution in [3.8, 4) is 0 Å². The zero-order valence-electron chi connectivity index (χ0n) is 10.9. The van der Waals surface area contributed by atoms with Crippen molar-refractivity contribution in [2.24, 2.45) is 5.73 Å². The Morgan fingerprint density at radius 2 is 1.53 bits per heavy atom. The van der Waals surface area contributed by atoms with Gasteiger partial charge in [0, 0.05) is 25.3 Å². The smallest absolute Gasteiger partial charge is 0.0837 e.